The first-order valence-electron chi connectivity index (χ1n) is 5.23. The van der Waals surface area contributed by atoms with Crippen LogP contribution in [0.2, 0.25) is 0 Å². The number of ketones is 1. The van der Waals surface area contributed by atoms with Crippen molar-refractivity contribution < 1.29 is 18.0 Å². The van der Waals surface area contributed by atoms with Gasteiger partial charge in [0.25, 0.3) is 5.78 Å². The Morgan fingerprint density at radius 1 is 1.22 bits per heavy atom. The van der Waals surface area contributed by atoms with Gasteiger partial charge in [-0.2, -0.15) is 13.2 Å². The summed E-state index contributed by atoms with van der Waals surface area (Å²) < 4.78 is 36.6. The summed E-state index contributed by atoms with van der Waals surface area (Å²) in [6.07, 6.45) is -1.05. The van der Waals surface area contributed by atoms with E-state index in [9.17, 15) is 18.0 Å². The number of anilines is 1. The van der Waals surface area contributed by atoms with Crippen molar-refractivity contribution in [3.8, 4) is 0 Å². The smallest absolute Gasteiger partial charge is 0.344 e. The molecule has 0 N–H and O–H groups in total. The van der Waals surface area contributed by atoms with E-state index in [4.69, 9.17) is 0 Å². The standard InChI is InChI=1S/C13H10F3NO/c1-17-10(8-12(18)13(14,15)16)7-6-9-4-2-3-5-11(9)17/h2-8H,1H3/b10-8+. The fraction of sp³-hybridized carbons (Fsp3) is 0.154. The molecule has 18 heavy (non-hydrogen) atoms. The van der Waals surface area contributed by atoms with Gasteiger partial charge in [0.2, 0.25) is 0 Å². The van der Waals surface area contributed by atoms with Crippen LogP contribution in [0.15, 0.2) is 42.1 Å². The maximum atomic E-state index is 12.2. The predicted molar refractivity (Wildman–Crippen MR) is 63.0 cm³/mol. The lowest BCUT2D eigenvalue weighted by Gasteiger charge is -2.26. The lowest BCUT2D eigenvalue weighted by atomic mass is 10.1. The topological polar surface area (TPSA) is 20.3 Å². The number of allylic oxidation sites excluding steroid dienone is 2. The van der Waals surface area contributed by atoms with Crippen LogP contribution in [0.5, 0.6) is 0 Å². The molecule has 0 unspecified atom stereocenters. The third kappa shape index (κ3) is 2.30. The Morgan fingerprint density at radius 3 is 2.56 bits per heavy atom. The van der Waals surface area contributed by atoms with E-state index in [-0.39, 0.29) is 5.70 Å². The van der Waals surface area contributed by atoms with Crippen LogP contribution in [0, 0.1) is 0 Å². The van der Waals surface area contributed by atoms with Crippen molar-refractivity contribution in [2.75, 3.05) is 11.9 Å². The summed E-state index contributed by atoms with van der Waals surface area (Å²) in [5.74, 6) is -1.85. The molecule has 0 radical (unpaired) electrons. The van der Waals surface area contributed by atoms with Crippen LogP contribution < -0.4 is 4.90 Å². The molecule has 5 heteroatoms. The van der Waals surface area contributed by atoms with Crippen LogP contribution in [0.25, 0.3) is 6.08 Å². The number of fused-ring (bicyclic) bond motifs is 1. The molecule has 0 saturated carbocycles. The van der Waals surface area contributed by atoms with Gasteiger partial charge in [0.05, 0.1) is 0 Å². The zero-order valence-electron chi connectivity index (χ0n) is 9.53. The average Bonchev–Trinajstić information content (AvgIpc) is 2.32. The molecule has 0 saturated heterocycles. The van der Waals surface area contributed by atoms with Gasteiger partial charge in [-0.05, 0) is 17.7 Å². The number of rotatable bonds is 1. The Bertz CT molecular complexity index is 543. The number of likely N-dealkylation sites (N-methyl/N-ethyl adjacent to an activating group) is 1. The number of carbonyl (C=O) groups excluding carboxylic acids is 1. The molecule has 0 aliphatic carbocycles. The summed E-state index contributed by atoms with van der Waals surface area (Å²) in [7, 11) is 1.62. The molecule has 1 aromatic rings. The Kier molecular flexibility index (Phi) is 2.98. The summed E-state index contributed by atoms with van der Waals surface area (Å²) in [5.41, 5.74) is 1.88. The molecular formula is C13H10F3NO. The minimum atomic E-state index is -4.83. The first kappa shape index (κ1) is 12.4. The zero-order valence-corrected chi connectivity index (χ0v) is 9.53. The Labute approximate surface area is 102 Å². The van der Waals surface area contributed by atoms with Crippen LogP contribution in [-0.2, 0) is 4.79 Å². The second-order valence-corrected chi connectivity index (χ2v) is 3.88. The second-order valence-electron chi connectivity index (χ2n) is 3.88. The third-order valence-corrected chi connectivity index (χ3v) is 2.68. The van der Waals surface area contributed by atoms with Gasteiger partial charge in [-0.1, -0.05) is 24.3 Å². The quantitative estimate of drug-likeness (QED) is 0.716. The number of hydrogen-bond donors (Lipinski definition) is 0. The number of carbonyl (C=O) groups is 1. The molecule has 94 valence electrons. The third-order valence-electron chi connectivity index (χ3n) is 2.68. The van der Waals surface area contributed by atoms with Crippen molar-refractivity contribution in [1.82, 2.24) is 0 Å². The van der Waals surface area contributed by atoms with Crippen LogP contribution in [-0.4, -0.2) is 19.0 Å². The average molecular weight is 253 g/mol. The minimum Gasteiger partial charge on any atom is -0.344 e. The molecule has 1 heterocycles. The van der Waals surface area contributed by atoms with E-state index in [2.05, 4.69) is 0 Å². The number of halogens is 3. The van der Waals surface area contributed by atoms with E-state index < -0.39 is 12.0 Å². The molecule has 0 atom stereocenters. The highest BCUT2D eigenvalue weighted by Gasteiger charge is 2.37. The Morgan fingerprint density at radius 2 is 1.89 bits per heavy atom. The highest BCUT2D eigenvalue weighted by atomic mass is 19.4. The molecule has 0 bridgehead atoms. The van der Waals surface area contributed by atoms with Crippen molar-refractivity contribution in [2.45, 2.75) is 6.18 Å². The van der Waals surface area contributed by atoms with E-state index in [0.717, 1.165) is 11.3 Å². The van der Waals surface area contributed by atoms with E-state index in [1.54, 1.807) is 30.2 Å². The van der Waals surface area contributed by atoms with Crippen LogP contribution in [0.4, 0.5) is 18.9 Å². The summed E-state index contributed by atoms with van der Waals surface area (Å²) in [5, 5.41) is 0. The lowest BCUT2D eigenvalue weighted by molar-refractivity contribution is -0.165. The van der Waals surface area contributed by atoms with Gasteiger partial charge < -0.3 is 4.90 Å². The maximum Gasteiger partial charge on any atom is 0.454 e. The first-order chi connectivity index (χ1) is 8.39. The lowest BCUT2D eigenvalue weighted by Crippen LogP contribution is -2.24. The largest absolute Gasteiger partial charge is 0.454 e. The van der Waals surface area contributed by atoms with E-state index >= 15 is 0 Å². The molecule has 2 rings (SSSR count). The number of benzene rings is 1. The minimum absolute atomic E-state index is 0.219. The highest BCUT2D eigenvalue weighted by Crippen LogP contribution is 2.29. The van der Waals surface area contributed by atoms with Gasteiger partial charge >= 0.3 is 6.18 Å². The first-order valence-corrected chi connectivity index (χ1v) is 5.23. The highest BCUT2D eigenvalue weighted by molar-refractivity contribution is 5.96. The number of alkyl halides is 3. The molecule has 1 aliphatic heterocycles. The van der Waals surface area contributed by atoms with Crippen molar-refractivity contribution in [1.29, 1.82) is 0 Å². The van der Waals surface area contributed by atoms with E-state index in [1.165, 1.54) is 6.08 Å². The monoisotopic (exact) mass is 253 g/mol. The molecule has 1 aromatic carbocycles. The second kappa shape index (κ2) is 4.33. The van der Waals surface area contributed by atoms with Crippen LogP contribution in [0.1, 0.15) is 5.56 Å². The fourth-order valence-corrected chi connectivity index (χ4v) is 1.72. The molecule has 0 amide bonds. The summed E-state index contributed by atoms with van der Waals surface area (Å²) in [4.78, 5) is 12.5. The van der Waals surface area contributed by atoms with Gasteiger partial charge in [0, 0.05) is 24.5 Å². The van der Waals surface area contributed by atoms with Crippen molar-refractivity contribution in [3.63, 3.8) is 0 Å². The summed E-state index contributed by atoms with van der Waals surface area (Å²) >= 11 is 0. The summed E-state index contributed by atoms with van der Waals surface area (Å²) in [6.45, 7) is 0. The molecule has 0 spiro atoms. The van der Waals surface area contributed by atoms with E-state index in [1.807, 2.05) is 12.1 Å². The molecule has 0 aromatic heterocycles. The zero-order chi connectivity index (χ0) is 13.3. The molecule has 1 aliphatic rings. The van der Waals surface area contributed by atoms with Gasteiger partial charge in [-0.3, -0.25) is 4.79 Å². The molecule has 2 nitrogen and oxygen atoms in total. The van der Waals surface area contributed by atoms with Crippen molar-refractivity contribution in [2.24, 2.45) is 0 Å². The van der Waals surface area contributed by atoms with Crippen molar-refractivity contribution in [3.05, 3.63) is 47.7 Å². The Balaban J connectivity index is 2.36. The molecule has 0 fully saturated rings. The number of hydrogen-bond acceptors (Lipinski definition) is 2. The SMILES string of the molecule is CN1/C(=C/C(=O)C(F)(F)F)C=Cc2ccccc21. The van der Waals surface area contributed by atoms with Gasteiger partial charge in [-0.25, -0.2) is 0 Å². The Hall–Kier alpha value is -2.04. The van der Waals surface area contributed by atoms with Gasteiger partial charge in [0.15, 0.2) is 0 Å². The predicted octanol–water partition coefficient (Wildman–Crippen LogP) is 3.16. The number of nitrogens with zero attached hydrogens (tertiary/aromatic N) is 1. The summed E-state index contributed by atoms with van der Waals surface area (Å²) in [6, 6.07) is 7.26. The molecular weight excluding hydrogens is 243 g/mol. The van der Waals surface area contributed by atoms with Crippen LogP contribution >= 0.6 is 0 Å². The van der Waals surface area contributed by atoms with Gasteiger partial charge in [-0.15, -0.1) is 0 Å². The normalized spacial score (nSPS) is 16.9. The number of para-hydroxylation sites is 1. The van der Waals surface area contributed by atoms with Crippen LogP contribution in [0.3, 0.4) is 0 Å². The fourth-order valence-electron chi connectivity index (χ4n) is 1.72. The van der Waals surface area contributed by atoms with E-state index in [0.29, 0.717) is 6.08 Å². The van der Waals surface area contributed by atoms with Crippen molar-refractivity contribution >= 4 is 17.5 Å². The maximum absolute atomic E-state index is 12.2. The van der Waals surface area contributed by atoms with Gasteiger partial charge in [0.1, 0.15) is 0 Å².